The molecule has 4 nitrogen and oxygen atoms in total. The van der Waals surface area contributed by atoms with Crippen molar-refractivity contribution in [2.24, 2.45) is 0 Å². The highest BCUT2D eigenvalue weighted by atomic mass is 79.9. The van der Waals surface area contributed by atoms with Crippen LogP contribution in [0.5, 0.6) is 5.75 Å². The van der Waals surface area contributed by atoms with Crippen LogP contribution in [-0.4, -0.2) is 38.8 Å². The number of piperazine rings is 1. The normalized spacial score (nSPS) is 14.9. The fourth-order valence-electron chi connectivity index (χ4n) is 4.58. The molecule has 3 aromatic rings. The van der Waals surface area contributed by atoms with Crippen molar-refractivity contribution in [2.75, 3.05) is 19.6 Å². The second kappa shape index (κ2) is 9.83. The van der Waals surface area contributed by atoms with E-state index in [2.05, 4.69) is 109 Å². The summed E-state index contributed by atoms with van der Waals surface area (Å²) in [4.78, 5) is 14.3. The summed E-state index contributed by atoms with van der Waals surface area (Å²) in [5.41, 5.74) is 1.06. The first-order valence-electron chi connectivity index (χ1n) is 11.4. The first-order chi connectivity index (χ1) is 15.8. The molecule has 6 heteroatoms. The minimum atomic E-state index is -2.70. The zero-order chi connectivity index (χ0) is 23.5. The molecule has 4 rings (SSSR count). The lowest BCUT2D eigenvalue weighted by Gasteiger charge is -2.43. The molecule has 0 spiro atoms. The number of hydrogen-bond donors (Lipinski definition) is 1. The zero-order valence-corrected chi connectivity index (χ0v) is 22.1. The maximum absolute atomic E-state index is 12.3. The molecular weight excluding hydrogens is 492 g/mol. The number of carbonyl (C=O) groups is 1. The maximum atomic E-state index is 12.3. The molecule has 0 aliphatic carbocycles. The third kappa shape index (κ3) is 4.93. The average Bonchev–Trinajstić information content (AvgIpc) is 2.81. The summed E-state index contributed by atoms with van der Waals surface area (Å²) in [6, 6.07) is 27.4. The van der Waals surface area contributed by atoms with E-state index in [1.54, 1.807) is 0 Å². The lowest BCUT2D eigenvalue weighted by molar-refractivity contribution is -0.132. The van der Waals surface area contributed by atoms with E-state index in [-0.39, 0.29) is 10.9 Å². The minimum Gasteiger partial charge on any atom is -0.534 e. The molecular formula is C27H31BrN2O2Si. The molecule has 0 saturated carbocycles. The number of nitrogens with one attached hydrogen (secondary N) is 1. The summed E-state index contributed by atoms with van der Waals surface area (Å²) in [6.07, 6.45) is 0. The SMILES string of the molecule is CC(C)(C)[Si](Oc1ccc(Br)c(CN2CCNCC2=O)c1)(c1ccccc1)c1ccccc1. The number of nitrogens with zero attached hydrogens (tertiary/aromatic N) is 1. The number of rotatable bonds is 6. The Kier molecular flexibility index (Phi) is 7.07. The van der Waals surface area contributed by atoms with E-state index in [0.717, 1.165) is 22.3 Å². The lowest BCUT2D eigenvalue weighted by atomic mass is 10.2. The van der Waals surface area contributed by atoms with Gasteiger partial charge in [-0.2, -0.15) is 0 Å². The van der Waals surface area contributed by atoms with Crippen LogP contribution in [0.2, 0.25) is 5.04 Å². The summed E-state index contributed by atoms with van der Waals surface area (Å²) in [5.74, 6) is 0.969. The first-order valence-corrected chi connectivity index (χ1v) is 14.1. The Morgan fingerprint density at radius 3 is 2.12 bits per heavy atom. The van der Waals surface area contributed by atoms with Crippen LogP contribution in [0, 0.1) is 0 Å². The van der Waals surface area contributed by atoms with E-state index in [9.17, 15) is 4.79 Å². The van der Waals surface area contributed by atoms with Gasteiger partial charge in [-0.25, -0.2) is 0 Å². The van der Waals surface area contributed by atoms with Crippen LogP contribution >= 0.6 is 15.9 Å². The van der Waals surface area contributed by atoms with Crippen molar-refractivity contribution >= 4 is 40.5 Å². The third-order valence-corrected chi connectivity index (χ3v) is 12.0. The molecule has 1 saturated heterocycles. The summed E-state index contributed by atoms with van der Waals surface area (Å²) in [6.45, 7) is 9.33. The Labute approximate surface area is 206 Å². The van der Waals surface area contributed by atoms with Gasteiger partial charge in [-0.3, -0.25) is 4.79 Å². The van der Waals surface area contributed by atoms with E-state index in [1.807, 2.05) is 17.0 Å². The molecule has 1 fully saturated rings. The van der Waals surface area contributed by atoms with Crippen LogP contribution in [0.1, 0.15) is 26.3 Å². The molecule has 1 amide bonds. The molecule has 172 valence electrons. The zero-order valence-electron chi connectivity index (χ0n) is 19.5. The quantitative estimate of drug-likeness (QED) is 0.490. The molecule has 1 aliphatic rings. The minimum absolute atomic E-state index is 0.114. The molecule has 0 bridgehead atoms. The van der Waals surface area contributed by atoms with Crippen LogP contribution in [0.3, 0.4) is 0 Å². The van der Waals surface area contributed by atoms with E-state index in [1.165, 1.54) is 10.4 Å². The Bertz CT molecular complexity index is 1060. The molecule has 3 aromatic carbocycles. The maximum Gasteiger partial charge on any atom is 0.319 e. The van der Waals surface area contributed by atoms with Crippen molar-refractivity contribution in [1.82, 2.24) is 10.2 Å². The molecule has 0 unspecified atom stereocenters. The van der Waals surface area contributed by atoms with Gasteiger partial charge < -0.3 is 14.6 Å². The Morgan fingerprint density at radius 2 is 1.58 bits per heavy atom. The summed E-state index contributed by atoms with van der Waals surface area (Å²) in [7, 11) is -2.70. The van der Waals surface area contributed by atoms with Gasteiger partial charge >= 0.3 is 8.32 Å². The largest absolute Gasteiger partial charge is 0.534 e. The Hall–Kier alpha value is -2.41. The van der Waals surface area contributed by atoms with Gasteiger partial charge in [0.15, 0.2) is 0 Å². The van der Waals surface area contributed by atoms with Crippen molar-refractivity contribution < 1.29 is 9.22 Å². The standard InChI is InChI=1S/C27H31BrN2O2Si/c1-27(2,3)33(23-10-6-4-7-11-23,24-12-8-5-9-13-24)32-22-14-15-25(28)21(18-22)20-30-17-16-29-19-26(30)31/h4-15,18,29H,16-17,19-20H2,1-3H3. The van der Waals surface area contributed by atoms with E-state index in [4.69, 9.17) is 4.43 Å². The van der Waals surface area contributed by atoms with Gasteiger partial charge in [-0.1, -0.05) is 97.4 Å². The van der Waals surface area contributed by atoms with Crippen molar-refractivity contribution in [2.45, 2.75) is 32.4 Å². The van der Waals surface area contributed by atoms with Gasteiger partial charge in [-0.05, 0) is 39.2 Å². The fraction of sp³-hybridized carbons (Fsp3) is 0.296. The van der Waals surface area contributed by atoms with Crippen LogP contribution in [0.15, 0.2) is 83.3 Å². The van der Waals surface area contributed by atoms with Gasteiger partial charge in [0, 0.05) is 24.1 Å². The highest BCUT2D eigenvalue weighted by Crippen LogP contribution is 2.38. The van der Waals surface area contributed by atoms with Crippen LogP contribution in [0.25, 0.3) is 0 Å². The average molecular weight is 524 g/mol. The van der Waals surface area contributed by atoms with Gasteiger partial charge in [0.25, 0.3) is 0 Å². The topological polar surface area (TPSA) is 41.6 Å². The molecule has 0 aromatic heterocycles. The predicted molar refractivity (Wildman–Crippen MR) is 141 cm³/mol. The number of halogens is 1. The van der Waals surface area contributed by atoms with E-state index < -0.39 is 8.32 Å². The summed E-state index contributed by atoms with van der Waals surface area (Å²) in [5, 5.41) is 5.51. The van der Waals surface area contributed by atoms with Crippen LogP contribution in [-0.2, 0) is 11.3 Å². The number of benzene rings is 3. The monoisotopic (exact) mass is 522 g/mol. The van der Waals surface area contributed by atoms with Crippen LogP contribution in [0.4, 0.5) is 0 Å². The number of hydrogen-bond acceptors (Lipinski definition) is 3. The second-order valence-electron chi connectivity index (χ2n) is 9.51. The molecule has 0 radical (unpaired) electrons. The van der Waals surface area contributed by atoms with Crippen molar-refractivity contribution in [3.8, 4) is 5.75 Å². The Morgan fingerprint density at radius 1 is 0.970 bits per heavy atom. The van der Waals surface area contributed by atoms with Crippen LogP contribution < -0.4 is 20.1 Å². The Balaban J connectivity index is 1.78. The van der Waals surface area contributed by atoms with Crippen molar-refractivity contribution in [3.05, 3.63) is 88.9 Å². The van der Waals surface area contributed by atoms with Gasteiger partial charge in [0.1, 0.15) is 5.75 Å². The summed E-state index contributed by atoms with van der Waals surface area (Å²) < 4.78 is 8.14. The molecule has 1 N–H and O–H groups in total. The molecule has 33 heavy (non-hydrogen) atoms. The molecule has 0 atom stereocenters. The molecule has 1 aliphatic heterocycles. The van der Waals surface area contributed by atoms with E-state index in [0.29, 0.717) is 19.6 Å². The van der Waals surface area contributed by atoms with Gasteiger partial charge in [0.05, 0.1) is 6.54 Å². The summed E-state index contributed by atoms with van der Waals surface area (Å²) >= 11 is 3.69. The van der Waals surface area contributed by atoms with E-state index >= 15 is 0 Å². The molecule has 1 heterocycles. The van der Waals surface area contributed by atoms with Gasteiger partial charge in [0.2, 0.25) is 5.91 Å². The highest BCUT2D eigenvalue weighted by Gasteiger charge is 2.52. The third-order valence-electron chi connectivity index (χ3n) is 6.25. The smallest absolute Gasteiger partial charge is 0.319 e. The lowest BCUT2D eigenvalue weighted by Crippen LogP contribution is -2.68. The van der Waals surface area contributed by atoms with Crippen molar-refractivity contribution in [1.29, 1.82) is 0 Å². The number of carbonyl (C=O) groups excluding carboxylic acids is 1. The van der Waals surface area contributed by atoms with Gasteiger partial charge in [-0.15, -0.1) is 0 Å². The second-order valence-corrected chi connectivity index (χ2v) is 14.6. The fourth-order valence-corrected chi connectivity index (χ4v) is 9.36. The first kappa shape index (κ1) is 23.7. The number of amides is 1. The highest BCUT2D eigenvalue weighted by molar-refractivity contribution is 9.10. The van der Waals surface area contributed by atoms with Crippen molar-refractivity contribution in [3.63, 3.8) is 0 Å². The predicted octanol–water partition coefficient (Wildman–Crippen LogP) is 4.32.